The second-order valence-electron chi connectivity index (χ2n) is 9.77. The highest BCUT2D eigenvalue weighted by atomic mass is 35.5. The number of fused-ring (bicyclic) bond motifs is 3. The minimum atomic E-state index is -0.520. The zero-order valence-electron chi connectivity index (χ0n) is 19.2. The Balaban J connectivity index is 1.42. The first-order chi connectivity index (χ1) is 15.8. The zero-order chi connectivity index (χ0) is 23.2. The van der Waals surface area contributed by atoms with Gasteiger partial charge < -0.3 is 13.9 Å². The summed E-state index contributed by atoms with van der Waals surface area (Å²) in [4.78, 5) is 22.1. The van der Waals surface area contributed by atoms with Gasteiger partial charge in [0.2, 0.25) is 0 Å². The van der Waals surface area contributed by atoms with E-state index < -0.39 is 5.60 Å². The minimum Gasteiger partial charge on any atom is -0.444 e. The smallest absolute Gasteiger partial charge is 0.411 e. The van der Waals surface area contributed by atoms with Gasteiger partial charge in [0.05, 0.1) is 36.7 Å². The number of hydrogen-bond acceptors (Lipinski definition) is 5. The lowest BCUT2D eigenvalue weighted by Crippen LogP contribution is -2.66. The lowest BCUT2D eigenvalue weighted by atomic mass is 10.0. The maximum absolute atomic E-state index is 12.9. The van der Waals surface area contributed by atoms with E-state index in [1.54, 1.807) is 0 Å². The van der Waals surface area contributed by atoms with E-state index in [1.165, 1.54) is 0 Å². The van der Waals surface area contributed by atoms with E-state index in [0.29, 0.717) is 18.2 Å². The van der Waals surface area contributed by atoms with E-state index in [-0.39, 0.29) is 18.2 Å². The largest absolute Gasteiger partial charge is 0.444 e. The van der Waals surface area contributed by atoms with Gasteiger partial charge in [0.15, 0.2) is 0 Å². The first-order valence-corrected chi connectivity index (χ1v) is 11.7. The molecule has 2 unspecified atom stereocenters. The Hall–Kier alpha value is -2.61. The van der Waals surface area contributed by atoms with Gasteiger partial charge in [0.25, 0.3) is 0 Å². The number of piperazine rings is 1. The molecule has 3 aromatic rings. The van der Waals surface area contributed by atoms with Crippen molar-refractivity contribution in [1.29, 1.82) is 0 Å². The molecule has 2 bridgehead atoms. The van der Waals surface area contributed by atoms with Crippen LogP contribution in [0.2, 0.25) is 5.02 Å². The molecule has 0 radical (unpaired) electrons. The van der Waals surface area contributed by atoms with E-state index >= 15 is 0 Å². The van der Waals surface area contributed by atoms with E-state index in [1.807, 2.05) is 68.1 Å². The fourth-order valence-corrected chi connectivity index (χ4v) is 4.87. The molecule has 7 nitrogen and oxygen atoms in total. The number of carbonyl (C=O) groups is 1. The van der Waals surface area contributed by atoms with Crippen molar-refractivity contribution in [2.75, 3.05) is 26.3 Å². The molecule has 2 aliphatic heterocycles. The maximum atomic E-state index is 12.9. The van der Waals surface area contributed by atoms with Crippen LogP contribution in [0.1, 0.15) is 26.5 Å². The number of rotatable bonds is 3. The van der Waals surface area contributed by atoms with Crippen molar-refractivity contribution in [3.63, 3.8) is 0 Å². The normalized spacial score (nSPS) is 21.4. The molecule has 2 fully saturated rings. The standard InChI is InChI=1S/C25H29ClN4O3/c1-25(2,3)33-24(31)30-19-12-28(13-20(30)16-32-15-19)14-21-23(17-7-9-18(26)10-8-17)27-22-6-4-5-11-29(21)22/h4-11,19-20H,12-16H2,1-3H3. The number of imidazole rings is 1. The first kappa shape index (κ1) is 22.2. The maximum Gasteiger partial charge on any atom is 0.411 e. The van der Waals surface area contributed by atoms with E-state index in [2.05, 4.69) is 15.5 Å². The summed E-state index contributed by atoms with van der Waals surface area (Å²) in [5, 5.41) is 0.704. The van der Waals surface area contributed by atoms with Gasteiger partial charge in [0, 0.05) is 36.4 Å². The van der Waals surface area contributed by atoms with Crippen molar-refractivity contribution in [2.45, 2.75) is 45.0 Å². The van der Waals surface area contributed by atoms with Crippen LogP contribution in [0.5, 0.6) is 0 Å². The minimum absolute atomic E-state index is 0.0366. The number of amides is 1. The van der Waals surface area contributed by atoms with Crippen molar-refractivity contribution in [3.8, 4) is 11.3 Å². The van der Waals surface area contributed by atoms with Crippen LogP contribution >= 0.6 is 11.6 Å². The van der Waals surface area contributed by atoms with Crippen LogP contribution < -0.4 is 0 Å². The number of aromatic nitrogens is 2. The number of carbonyl (C=O) groups excluding carboxylic acids is 1. The highest BCUT2D eigenvalue weighted by Crippen LogP contribution is 2.30. The summed E-state index contributed by atoms with van der Waals surface area (Å²) >= 11 is 6.12. The average molecular weight is 469 g/mol. The summed E-state index contributed by atoms with van der Waals surface area (Å²) in [6.07, 6.45) is 1.80. The fourth-order valence-electron chi connectivity index (χ4n) is 4.74. The Kier molecular flexibility index (Phi) is 5.80. The molecular weight excluding hydrogens is 440 g/mol. The van der Waals surface area contributed by atoms with Crippen LogP contribution in [0.4, 0.5) is 4.79 Å². The highest BCUT2D eigenvalue weighted by molar-refractivity contribution is 6.30. The number of hydrogen-bond donors (Lipinski definition) is 0. The molecule has 0 saturated carbocycles. The molecule has 2 aromatic heterocycles. The van der Waals surface area contributed by atoms with Gasteiger partial charge in [-0.2, -0.15) is 0 Å². The second-order valence-corrected chi connectivity index (χ2v) is 10.2. The molecular formula is C25H29ClN4O3. The molecule has 2 atom stereocenters. The number of morpholine rings is 1. The molecule has 0 spiro atoms. The number of benzene rings is 1. The molecule has 2 saturated heterocycles. The van der Waals surface area contributed by atoms with Crippen LogP contribution in [-0.4, -0.2) is 69.3 Å². The number of halogens is 1. The van der Waals surface area contributed by atoms with Crippen molar-refractivity contribution < 1.29 is 14.3 Å². The molecule has 33 heavy (non-hydrogen) atoms. The third kappa shape index (κ3) is 4.58. The van der Waals surface area contributed by atoms with Crippen LogP contribution in [0.15, 0.2) is 48.7 Å². The van der Waals surface area contributed by atoms with E-state index in [9.17, 15) is 4.79 Å². The number of nitrogens with zero attached hydrogens (tertiary/aromatic N) is 4. The Morgan fingerprint density at radius 3 is 2.48 bits per heavy atom. The first-order valence-electron chi connectivity index (χ1n) is 11.3. The Morgan fingerprint density at radius 1 is 1.12 bits per heavy atom. The molecule has 8 heteroatoms. The van der Waals surface area contributed by atoms with Crippen LogP contribution in [0, 0.1) is 0 Å². The van der Waals surface area contributed by atoms with Gasteiger partial charge in [-0.05, 0) is 45.0 Å². The van der Waals surface area contributed by atoms with E-state index in [4.69, 9.17) is 26.1 Å². The summed E-state index contributed by atoms with van der Waals surface area (Å²) < 4.78 is 13.6. The molecule has 0 N–H and O–H groups in total. The van der Waals surface area contributed by atoms with Crippen molar-refractivity contribution in [1.82, 2.24) is 19.2 Å². The topological polar surface area (TPSA) is 59.3 Å². The van der Waals surface area contributed by atoms with Crippen molar-refractivity contribution in [2.24, 2.45) is 0 Å². The molecule has 1 aromatic carbocycles. The highest BCUT2D eigenvalue weighted by Gasteiger charge is 2.43. The molecule has 1 amide bonds. The third-order valence-corrected chi connectivity index (χ3v) is 6.32. The van der Waals surface area contributed by atoms with Crippen molar-refractivity contribution >= 4 is 23.3 Å². The molecule has 174 valence electrons. The van der Waals surface area contributed by atoms with Crippen molar-refractivity contribution in [3.05, 3.63) is 59.4 Å². The Labute approximate surface area is 198 Å². The third-order valence-electron chi connectivity index (χ3n) is 6.07. The van der Waals surface area contributed by atoms with Gasteiger partial charge in [-0.1, -0.05) is 29.8 Å². The van der Waals surface area contributed by atoms with Gasteiger partial charge in [-0.3, -0.25) is 9.80 Å². The van der Waals surface area contributed by atoms with Crippen LogP contribution in [0.25, 0.3) is 16.9 Å². The average Bonchev–Trinajstić information content (AvgIpc) is 3.11. The summed E-state index contributed by atoms with van der Waals surface area (Å²) in [6, 6.07) is 13.8. The second kappa shape index (κ2) is 8.63. The molecule has 0 aliphatic carbocycles. The summed E-state index contributed by atoms with van der Waals surface area (Å²) in [5.41, 5.74) is 3.50. The van der Waals surface area contributed by atoms with E-state index in [0.717, 1.165) is 42.2 Å². The zero-order valence-corrected chi connectivity index (χ0v) is 20.0. The quantitative estimate of drug-likeness (QED) is 0.567. The monoisotopic (exact) mass is 468 g/mol. The number of ether oxygens (including phenoxy) is 2. The predicted octanol–water partition coefficient (Wildman–Crippen LogP) is 4.47. The number of pyridine rings is 1. The van der Waals surface area contributed by atoms with Gasteiger partial charge in [-0.15, -0.1) is 0 Å². The summed E-state index contributed by atoms with van der Waals surface area (Å²) in [7, 11) is 0. The SMILES string of the molecule is CC(C)(C)OC(=O)N1C2COCC1CN(Cc1c(-c3ccc(Cl)cc3)nc3ccccn13)C2. The molecule has 2 aliphatic rings. The summed E-state index contributed by atoms with van der Waals surface area (Å²) in [5.74, 6) is 0. The Bertz CT molecular complexity index is 1140. The molecule has 5 rings (SSSR count). The lowest BCUT2D eigenvalue weighted by molar-refractivity contribution is -0.0990. The van der Waals surface area contributed by atoms with Crippen LogP contribution in [-0.2, 0) is 16.0 Å². The lowest BCUT2D eigenvalue weighted by Gasteiger charge is -2.49. The van der Waals surface area contributed by atoms with Crippen LogP contribution in [0.3, 0.4) is 0 Å². The fraction of sp³-hybridized carbons (Fsp3) is 0.440. The predicted molar refractivity (Wildman–Crippen MR) is 127 cm³/mol. The van der Waals surface area contributed by atoms with Gasteiger partial charge in [0.1, 0.15) is 11.2 Å². The van der Waals surface area contributed by atoms with Gasteiger partial charge in [-0.25, -0.2) is 9.78 Å². The summed E-state index contributed by atoms with van der Waals surface area (Å²) in [6.45, 7) is 8.89. The Morgan fingerprint density at radius 2 is 1.82 bits per heavy atom. The van der Waals surface area contributed by atoms with Gasteiger partial charge >= 0.3 is 6.09 Å². The molecule has 4 heterocycles.